The van der Waals surface area contributed by atoms with E-state index in [1.807, 2.05) is 18.0 Å². The predicted molar refractivity (Wildman–Crippen MR) is 150 cm³/mol. The average molecular weight is 572 g/mol. The monoisotopic (exact) mass is 571 g/mol. The van der Waals surface area contributed by atoms with Crippen molar-refractivity contribution < 1.29 is 27.2 Å². The SMILES string of the molecule is CN1CCN(c2ccc(-c3ccc(CNC4CCCC4)cc3F)cc2NC(=O)C2C=NC(=O)C=C2C(F)(F)F)CC1. The minimum Gasteiger partial charge on any atom is -0.367 e. The number of carbonyl (C=O) groups excluding carboxylic acids is 2. The summed E-state index contributed by atoms with van der Waals surface area (Å²) in [5.41, 5.74) is 1.21. The number of anilines is 2. The number of piperazine rings is 1. The Balaban J connectivity index is 1.43. The van der Waals surface area contributed by atoms with Crippen molar-refractivity contribution in [1.82, 2.24) is 10.2 Å². The molecule has 0 radical (unpaired) electrons. The Morgan fingerprint density at radius 2 is 1.78 bits per heavy atom. The highest BCUT2D eigenvalue weighted by molar-refractivity contribution is 6.11. The van der Waals surface area contributed by atoms with Crippen molar-refractivity contribution in [2.45, 2.75) is 44.4 Å². The molecule has 41 heavy (non-hydrogen) atoms. The normalized spacial score (nSPS) is 20.4. The molecule has 1 saturated carbocycles. The largest absolute Gasteiger partial charge is 0.414 e. The molecule has 0 spiro atoms. The van der Waals surface area contributed by atoms with Crippen LogP contribution in [-0.4, -0.2) is 68.4 Å². The van der Waals surface area contributed by atoms with Gasteiger partial charge in [0.1, 0.15) is 11.7 Å². The van der Waals surface area contributed by atoms with Crippen molar-refractivity contribution in [2.75, 3.05) is 43.4 Å². The Kier molecular flexibility index (Phi) is 8.55. The summed E-state index contributed by atoms with van der Waals surface area (Å²) in [5, 5.41) is 6.10. The highest BCUT2D eigenvalue weighted by Gasteiger charge is 2.43. The Morgan fingerprint density at radius 1 is 1.05 bits per heavy atom. The Hall–Kier alpha value is -3.57. The molecule has 0 bridgehead atoms. The van der Waals surface area contributed by atoms with Crippen LogP contribution in [0.1, 0.15) is 31.2 Å². The molecular formula is C30H33F4N5O2. The van der Waals surface area contributed by atoms with Crippen LogP contribution in [0.15, 0.2) is 53.0 Å². The number of likely N-dealkylation sites (N-methyl/N-ethyl adjacent to an activating group) is 1. The summed E-state index contributed by atoms with van der Waals surface area (Å²) in [6.45, 7) is 3.37. The summed E-state index contributed by atoms with van der Waals surface area (Å²) in [6.07, 6.45) is 0.832. The van der Waals surface area contributed by atoms with E-state index in [1.54, 1.807) is 24.3 Å². The first-order chi connectivity index (χ1) is 19.6. The first-order valence-electron chi connectivity index (χ1n) is 13.9. The van der Waals surface area contributed by atoms with Gasteiger partial charge in [0, 0.05) is 56.6 Å². The van der Waals surface area contributed by atoms with E-state index in [-0.39, 0.29) is 5.69 Å². The predicted octanol–water partition coefficient (Wildman–Crippen LogP) is 4.93. The van der Waals surface area contributed by atoms with Gasteiger partial charge in [-0.1, -0.05) is 31.0 Å². The van der Waals surface area contributed by atoms with Gasteiger partial charge in [-0.05, 0) is 49.2 Å². The number of hydrogen-bond acceptors (Lipinski definition) is 5. The number of aliphatic imine (C=N–C) groups is 1. The van der Waals surface area contributed by atoms with Crippen LogP contribution in [0.4, 0.5) is 28.9 Å². The van der Waals surface area contributed by atoms with E-state index in [1.165, 1.54) is 18.9 Å². The highest BCUT2D eigenvalue weighted by Crippen LogP contribution is 2.36. The van der Waals surface area contributed by atoms with Gasteiger partial charge < -0.3 is 20.4 Å². The van der Waals surface area contributed by atoms with Crippen LogP contribution < -0.4 is 15.5 Å². The third kappa shape index (κ3) is 6.84. The third-order valence-electron chi connectivity index (χ3n) is 7.97. The lowest BCUT2D eigenvalue weighted by Gasteiger charge is -2.35. The zero-order valence-corrected chi connectivity index (χ0v) is 22.8. The first-order valence-corrected chi connectivity index (χ1v) is 13.9. The Morgan fingerprint density at radius 3 is 2.46 bits per heavy atom. The number of alkyl halides is 3. The minimum absolute atomic E-state index is 0.259. The van der Waals surface area contributed by atoms with E-state index in [0.717, 1.165) is 37.7 Å². The molecule has 1 atom stereocenters. The smallest absolute Gasteiger partial charge is 0.367 e. The lowest BCUT2D eigenvalue weighted by molar-refractivity contribution is -0.124. The van der Waals surface area contributed by atoms with Crippen molar-refractivity contribution in [2.24, 2.45) is 10.9 Å². The fourth-order valence-electron chi connectivity index (χ4n) is 5.59. The molecule has 5 rings (SSSR count). The molecule has 1 saturated heterocycles. The molecule has 2 aromatic carbocycles. The number of halogens is 4. The van der Waals surface area contributed by atoms with E-state index < -0.39 is 35.3 Å². The summed E-state index contributed by atoms with van der Waals surface area (Å²) >= 11 is 0. The number of nitrogens with zero attached hydrogens (tertiary/aromatic N) is 3. The molecule has 2 heterocycles. The second-order valence-electron chi connectivity index (χ2n) is 10.9. The van der Waals surface area contributed by atoms with Crippen LogP contribution in [-0.2, 0) is 16.1 Å². The number of carbonyl (C=O) groups is 2. The summed E-state index contributed by atoms with van der Waals surface area (Å²) in [5.74, 6) is -4.27. The molecule has 0 aromatic heterocycles. The topological polar surface area (TPSA) is 77.0 Å². The number of rotatable bonds is 7. The zero-order valence-electron chi connectivity index (χ0n) is 22.8. The van der Waals surface area contributed by atoms with Gasteiger partial charge >= 0.3 is 6.18 Å². The fraction of sp³-hybridized carbons (Fsp3) is 0.433. The number of dihydropyridines is 1. The Bertz CT molecular complexity index is 1360. The van der Waals surface area contributed by atoms with Gasteiger partial charge in [0.25, 0.3) is 5.91 Å². The molecule has 218 valence electrons. The van der Waals surface area contributed by atoms with Crippen LogP contribution in [0.3, 0.4) is 0 Å². The van der Waals surface area contributed by atoms with E-state index in [0.29, 0.717) is 48.6 Å². The summed E-state index contributed by atoms with van der Waals surface area (Å²) in [6, 6.07) is 10.6. The van der Waals surface area contributed by atoms with Crippen molar-refractivity contribution in [1.29, 1.82) is 0 Å². The van der Waals surface area contributed by atoms with Crippen molar-refractivity contribution in [3.8, 4) is 11.1 Å². The number of nitrogens with one attached hydrogen (secondary N) is 2. The molecule has 3 aliphatic rings. The average Bonchev–Trinajstić information content (AvgIpc) is 3.46. The maximum atomic E-state index is 15.3. The number of amides is 2. The van der Waals surface area contributed by atoms with E-state index in [9.17, 15) is 22.8 Å². The molecule has 2 aromatic rings. The van der Waals surface area contributed by atoms with Crippen molar-refractivity contribution in [3.05, 3.63) is 59.4 Å². The molecule has 11 heteroatoms. The van der Waals surface area contributed by atoms with Gasteiger partial charge in [-0.2, -0.15) is 13.2 Å². The van der Waals surface area contributed by atoms with Gasteiger partial charge in [-0.25, -0.2) is 9.38 Å². The Labute approximate surface area is 236 Å². The highest BCUT2D eigenvalue weighted by atomic mass is 19.4. The van der Waals surface area contributed by atoms with Crippen LogP contribution >= 0.6 is 0 Å². The standard InChI is InChI=1S/C30H33F4N5O2/c1-38-10-12-39(13-11-38)27-9-7-20(22-8-6-19(14-25(22)31)17-35-21-4-2-3-5-21)15-26(27)37-29(41)23-18-36-28(40)16-24(23)30(32,33)34/h6-9,14-16,18,21,23,35H,2-5,10-13,17H2,1H3,(H,37,41). The summed E-state index contributed by atoms with van der Waals surface area (Å²) < 4.78 is 56.3. The molecule has 2 aliphatic heterocycles. The quantitative estimate of drug-likeness (QED) is 0.461. The summed E-state index contributed by atoms with van der Waals surface area (Å²) in [7, 11) is 1.99. The molecule has 2 amide bonds. The molecule has 2 fully saturated rings. The van der Waals surface area contributed by atoms with Gasteiger partial charge in [0.2, 0.25) is 5.91 Å². The van der Waals surface area contributed by atoms with Gasteiger partial charge in [0.15, 0.2) is 0 Å². The third-order valence-corrected chi connectivity index (χ3v) is 7.97. The second-order valence-corrected chi connectivity index (χ2v) is 10.9. The van der Waals surface area contributed by atoms with Crippen molar-refractivity contribution >= 4 is 29.4 Å². The molecule has 2 N–H and O–H groups in total. The van der Waals surface area contributed by atoms with E-state index in [2.05, 4.69) is 20.5 Å². The molecule has 1 aliphatic carbocycles. The van der Waals surface area contributed by atoms with Crippen LogP contribution in [0.2, 0.25) is 0 Å². The second kappa shape index (κ2) is 12.1. The van der Waals surface area contributed by atoms with Gasteiger partial charge in [-0.3, -0.25) is 9.59 Å². The first kappa shape index (κ1) is 28.9. The maximum Gasteiger partial charge on any atom is 0.414 e. The van der Waals surface area contributed by atoms with Crippen LogP contribution in [0.5, 0.6) is 0 Å². The van der Waals surface area contributed by atoms with E-state index in [4.69, 9.17) is 0 Å². The van der Waals surface area contributed by atoms with Crippen LogP contribution in [0, 0.1) is 11.7 Å². The number of hydrogen-bond donors (Lipinski definition) is 2. The number of benzene rings is 2. The van der Waals surface area contributed by atoms with Gasteiger partial charge in [0.05, 0.1) is 16.9 Å². The molecule has 7 nitrogen and oxygen atoms in total. The molecular weight excluding hydrogens is 538 g/mol. The lowest BCUT2D eigenvalue weighted by Crippen LogP contribution is -2.44. The maximum absolute atomic E-state index is 15.3. The van der Waals surface area contributed by atoms with Crippen molar-refractivity contribution in [3.63, 3.8) is 0 Å². The van der Waals surface area contributed by atoms with Gasteiger partial charge in [-0.15, -0.1) is 0 Å². The lowest BCUT2D eigenvalue weighted by atomic mass is 9.95. The van der Waals surface area contributed by atoms with Crippen LogP contribution in [0.25, 0.3) is 11.1 Å². The summed E-state index contributed by atoms with van der Waals surface area (Å²) in [4.78, 5) is 32.3. The minimum atomic E-state index is -4.89. The van der Waals surface area contributed by atoms with E-state index >= 15 is 4.39 Å². The zero-order chi connectivity index (χ0) is 29.1. The fourth-order valence-corrected chi connectivity index (χ4v) is 5.59. The molecule has 1 unspecified atom stereocenters.